The highest BCUT2D eigenvalue weighted by molar-refractivity contribution is 5.92. The second-order valence-corrected chi connectivity index (χ2v) is 5.34. The first-order valence-electron chi connectivity index (χ1n) is 7.49. The molecule has 0 aliphatic rings. The summed E-state index contributed by atoms with van der Waals surface area (Å²) in [7, 11) is 4.55. The lowest BCUT2D eigenvalue weighted by atomic mass is 9.89. The maximum atomic E-state index is 12.1. The van der Waals surface area contributed by atoms with Crippen molar-refractivity contribution in [3.05, 3.63) is 59.2 Å². The Hall–Kier alpha value is -2.49. The van der Waals surface area contributed by atoms with Crippen LogP contribution in [-0.2, 0) is 11.2 Å². The highest BCUT2D eigenvalue weighted by Crippen LogP contribution is 2.39. The van der Waals surface area contributed by atoms with Crippen molar-refractivity contribution in [2.75, 3.05) is 21.3 Å². The average Bonchev–Trinajstić information content (AvgIpc) is 2.60. The first-order chi connectivity index (χ1) is 11.1. The number of esters is 1. The van der Waals surface area contributed by atoms with Gasteiger partial charge in [0, 0.05) is 5.56 Å². The van der Waals surface area contributed by atoms with E-state index in [-0.39, 0.29) is 11.9 Å². The van der Waals surface area contributed by atoms with E-state index in [1.54, 1.807) is 26.4 Å². The van der Waals surface area contributed by atoms with E-state index >= 15 is 0 Å². The largest absolute Gasteiger partial charge is 0.493 e. The van der Waals surface area contributed by atoms with Gasteiger partial charge >= 0.3 is 5.97 Å². The number of carbonyl (C=O) groups excluding carboxylic acids is 1. The van der Waals surface area contributed by atoms with Gasteiger partial charge in [0.1, 0.15) is 0 Å². The summed E-state index contributed by atoms with van der Waals surface area (Å²) >= 11 is 0. The Bertz CT molecular complexity index is 665. The van der Waals surface area contributed by atoms with Crippen LogP contribution in [0.1, 0.15) is 34.3 Å². The lowest BCUT2D eigenvalue weighted by Gasteiger charge is -2.21. The second kappa shape index (κ2) is 7.68. The van der Waals surface area contributed by atoms with Crippen LogP contribution >= 0.6 is 0 Å². The van der Waals surface area contributed by atoms with Crippen LogP contribution in [0.25, 0.3) is 0 Å². The molecule has 0 saturated carbocycles. The molecular formula is C19H22O4. The van der Waals surface area contributed by atoms with Crippen LogP contribution in [0.2, 0.25) is 0 Å². The predicted molar refractivity (Wildman–Crippen MR) is 89.4 cm³/mol. The molecule has 0 fully saturated rings. The van der Waals surface area contributed by atoms with Gasteiger partial charge in [-0.05, 0) is 30.0 Å². The molecule has 0 bridgehead atoms. The van der Waals surface area contributed by atoms with E-state index in [1.807, 2.05) is 18.2 Å². The normalized spacial score (nSPS) is 11.7. The molecule has 2 aromatic rings. The molecule has 0 heterocycles. The van der Waals surface area contributed by atoms with E-state index < -0.39 is 0 Å². The van der Waals surface area contributed by atoms with Crippen molar-refractivity contribution < 1.29 is 19.0 Å². The molecule has 122 valence electrons. The van der Waals surface area contributed by atoms with Crippen LogP contribution in [-0.4, -0.2) is 27.3 Å². The molecule has 23 heavy (non-hydrogen) atoms. The van der Waals surface area contributed by atoms with Gasteiger partial charge in [0.05, 0.1) is 26.9 Å². The average molecular weight is 314 g/mol. The fourth-order valence-corrected chi connectivity index (χ4v) is 2.80. The van der Waals surface area contributed by atoms with Crippen LogP contribution in [0.15, 0.2) is 42.5 Å². The fourth-order valence-electron chi connectivity index (χ4n) is 2.80. The Balaban J connectivity index is 2.50. The monoisotopic (exact) mass is 314 g/mol. The lowest BCUT2D eigenvalue weighted by Crippen LogP contribution is -2.12. The molecule has 4 nitrogen and oxygen atoms in total. The van der Waals surface area contributed by atoms with E-state index in [0.717, 1.165) is 12.0 Å². The molecule has 1 unspecified atom stereocenters. The van der Waals surface area contributed by atoms with Gasteiger partial charge in [0.2, 0.25) is 0 Å². The molecule has 0 radical (unpaired) electrons. The zero-order chi connectivity index (χ0) is 16.8. The molecule has 0 aliphatic carbocycles. The van der Waals surface area contributed by atoms with Crippen molar-refractivity contribution in [3.63, 3.8) is 0 Å². The number of rotatable bonds is 6. The molecule has 4 heteroatoms. The summed E-state index contributed by atoms with van der Waals surface area (Å²) in [6, 6.07) is 13.6. The molecule has 0 saturated heterocycles. The van der Waals surface area contributed by atoms with Gasteiger partial charge in [-0.25, -0.2) is 4.79 Å². The first kappa shape index (κ1) is 16.9. The van der Waals surface area contributed by atoms with Crippen LogP contribution in [0.4, 0.5) is 0 Å². The molecular weight excluding hydrogens is 292 g/mol. The quantitative estimate of drug-likeness (QED) is 0.760. The summed E-state index contributed by atoms with van der Waals surface area (Å²) in [6.45, 7) is 2.07. The van der Waals surface area contributed by atoms with E-state index in [1.165, 1.54) is 12.7 Å². The third kappa shape index (κ3) is 3.65. The van der Waals surface area contributed by atoms with Crippen molar-refractivity contribution in [1.82, 2.24) is 0 Å². The molecule has 0 spiro atoms. The van der Waals surface area contributed by atoms with Gasteiger partial charge < -0.3 is 14.2 Å². The van der Waals surface area contributed by atoms with Crippen LogP contribution in [0.5, 0.6) is 11.5 Å². The highest BCUT2D eigenvalue weighted by atomic mass is 16.5. The first-order valence-corrected chi connectivity index (χ1v) is 7.49. The fraction of sp³-hybridized carbons (Fsp3) is 0.316. The van der Waals surface area contributed by atoms with Crippen LogP contribution in [0, 0.1) is 0 Å². The zero-order valence-corrected chi connectivity index (χ0v) is 14.0. The Morgan fingerprint density at radius 1 is 1.00 bits per heavy atom. The summed E-state index contributed by atoms with van der Waals surface area (Å²) in [5.74, 6) is 0.881. The standard InChI is InChI=1S/C19H22O4/c1-13(12-14-8-6-5-7-9-14)17-15(19(20)23-4)10-11-16(21-2)18(17)22-3/h5-11,13H,12H2,1-4H3. The van der Waals surface area contributed by atoms with Gasteiger partial charge in [-0.3, -0.25) is 0 Å². The number of hydrogen-bond donors (Lipinski definition) is 0. The van der Waals surface area contributed by atoms with Crippen molar-refractivity contribution in [2.24, 2.45) is 0 Å². The third-order valence-electron chi connectivity index (χ3n) is 3.87. The smallest absolute Gasteiger partial charge is 0.338 e. The van der Waals surface area contributed by atoms with Crippen molar-refractivity contribution in [2.45, 2.75) is 19.3 Å². The summed E-state index contributed by atoms with van der Waals surface area (Å²) in [5, 5.41) is 0. The summed E-state index contributed by atoms with van der Waals surface area (Å²) in [5.41, 5.74) is 2.51. The van der Waals surface area contributed by atoms with E-state index in [4.69, 9.17) is 14.2 Å². The molecule has 2 rings (SSSR count). The van der Waals surface area contributed by atoms with E-state index in [0.29, 0.717) is 17.1 Å². The Labute approximate surface area is 137 Å². The van der Waals surface area contributed by atoms with Gasteiger partial charge in [0.25, 0.3) is 0 Å². The maximum absolute atomic E-state index is 12.1. The molecule has 0 aromatic heterocycles. The molecule has 0 amide bonds. The number of hydrogen-bond acceptors (Lipinski definition) is 4. The number of carbonyl (C=O) groups is 1. The third-order valence-corrected chi connectivity index (χ3v) is 3.87. The Morgan fingerprint density at radius 3 is 2.26 bits per heavy atom. The van der Waals surface area contributed by atoms with Crippen molar-refractivity contribution in [1.29, 1.82) is 0 Å². The SMILES string of the molecule is COC(=O)c1ccc(OC)c(OC)c1C(C)Cc1ccccc1. The zero-order valence-electron chi connectivity index (χ0n) is 14.0. The topological polar surface area (TPSA) is 44.8 Å². The highest BCUT2D eigenvalue weighted by Gasteiger charge is 2.24. The predicted octanol–water partition coefficient (Wildman–Crippen LogP) is 3.84. The second-order valence-electron chi connectivity index (χ2n) is 5.34. The lowest BCUT2D eigenvalue weighted by molar-refractivity contribution is 0.0598. The van der Waals surface area contributed by atoms with Crippen LogP contribution < -0.4 is 9.47 Å². The summed E-state index contributed by atoms with van der Waals surface area (Å²) in [6.07, 6.45) is 0.786. The minimum absolute atomic E-state index is 0.0662. The van der Waals surface area contributed by atoms with E-state index in [9.17, 15) is 4.79 Å². The summed E-state index contributed by atoms with van der Waals surface area (Å²) < 4.78 is 15.8. The van der Waals surface area contributed by atoms with Crippen LogP contribution in [0.3, 0.4) is 0 Å². The molecule has 0 aliphatic heterocycles. The minimum atomic E-state index is -0.374. The van der Waals surface area contributed by atoms with Crippen molar-refractivity contribution in [3.8, 4) is 11.5 Å². The minimum Gasteiger partial charge on any atom is -0.493 e. The van der Waals surface area contributed by atoms with Crippen molar-refractivity contribution >= 4 is 5.97 Å². The molecule has 0 N–H and O–H groups in total. The maximum Gasteiger partial charge on any atom is 0.338 e. The molecule has 1 atom stereocenters. The van der Waals surface area contributed by atoms with Gasteiger partial charge in [-0.1, -0.05) is 37.3 Å². The number of ether oxygens (including phenoxy) is 3. The Kier molecular flexibility index (Phi) is 5.63. The summed E-state index contributed by atoms with van der Waals surface area (Å²) in [4.78, 5) is 12.1. The van der Waals surface area contributed by atoms with Gasteiger partial charge in [-0.2, -0.15) is 0 Å². The molecule has 2 aromatic carbocycles. The Morgan fingerprint density at radius 2 is 1.70 bits per heavy atom. The number of methoxy groups -OCH3 is 3. The van der Waals surface area contributed by atoms with E-state index in [2.05, 4.69) is 19.1 Å². The van der Waals surface area contributed by atoms with Gasteiger partial charge in [0.15, 0.2) is 11.5 Å². The number of benzene rings is 2. The van der Waals surface area contributed by atoms with Gasteiger partial charge in [-0.15, -0.1) is 0 Å².